The molecule has 0 fully saturated rings. The highest BCUT2D eigenvalue weighted by atomic mass is 32.2. The minimum absolute atomic E-state index is 0.335. The lowest BCUT2D eigenvalue weighted by atomic mass is 10.2. The largest absolute Gasteiger partial charge is 0.477 e. The van der Waals surface area contributed by atoms with Crippen LogP contribution in [0.25, 0.3) is 10.2 Å². The number of nitrogens with zero attached hydrogens (tertiary/aromatic N) is 4. The van der Waals surface area contributed by atoms with Crippen LogP contribution >= 0.6 is 23.1 Å². The van der Waals surface area contributed by atoms with Gasteiger partial charge in [-0.1, -0.05) is 0 Å². The molecule has 6 nitrogen and oxygen atoms in total. The van der Waals surface area contributed by atoms with Gasteiger partial charge in [0, 0.05) is 30.1 Å². The second-order valence-corrected chi connectivity index (χ2v) is 6.45. The highest BCUT2D eigenvalue weighted by molar-refractivity contribution is 7.99. The minimum Gasteiger partial charge on any atom is -0.477 e. The number of thioether (sulfide) groups is 1. The average Bonchev–Trinajstić information content (AvgIpc) is 3.07. The summed E-state index contributed by atoms with van der Waals surface area (Å²) >= 11 is 2.80. The molecule has 0 saturated heterocycles. The average molecular weight is 320 g/mol. The number of fused-ring (bicyclic) bond motifs is 1. The molecule has 0 bridgehead atoms. The number of carboxylic acid groups (broad SMARTS) is 1. The van der Waals surface area contributed by atoms with E-state index in [0.717, 1.165) is 33.1 Å². The number of carbonyl (C=O) groups is 1. The van der Waals surface area contributed by atoms with E-state index < -0.39 is 5.97 Å². The van der Waals surface area contributed by atoms with Gasteiger partial charge in [-0.25, -0.2) is 19.7 Å². The Bertz CT molecular complexity index is 783. The fraction of sp³-hybridized carbons (Fsp3) is 0.231. The van der Waals surface area contributed by atoms with E-state index in [1.54, 1.807) is 24.3 Å². The molecule has 0 amide bonds. The van der Waals surface area contributed by atoms with Crippen LogP contribution in [0, 0.1) is 6.92 Å². The zero-order valence-electron chi connectivity index (χ0n) is 11.2. The van der Waals surface area contributed by atoms with Crippen LogP contribution < -0.4 is 0 Å². The summed E-state index contributed by atoms with van der Waals surface area (Å²) in [5.74, 6) is -0.0787. The SMILES string of the molecule is Cc1c(C(=O)O)sc2ncnc(SCCn3ccnc3)c12. The summed E-state index contributed by atoms with van der Waals surface area (Å²) in [5, 5.41) is 10.9. The highest BCUT2D eigenvalue weighted by Gasteiger charge is 2.18. The Morgan fingerprint density at radius 3 is 3.05 bits per heavy atom. The van der Waals surface area contributed by atoms with Crippen LogP contribution in [-0.2, 0) is 6.54 Å². The van der Waals surface area contributed by atoms with Gasteiger partial charge in [0.1, 0.15) is 21.1 Å². The molecule has 0 aliphatic rings. The number of thiophene rings is 1. The molecular weight excluding hydrogens is 308 g/mol. The summed E-state index contributed by atoms with van der Waals surface area (Å²) in [5.41, 5.74) is 0.744. The van der Waals surface area contributed by atoms with E-state index in [4.69, 9.17) is 0 Å². The Hall–Kier alpha value is -1.93. The maximum Gasteiger partial charge on any atom is 0.346 e. The molecule has 8 heteroatoms. The molecule has 1 N–H and O–H groups in total. The van der Waals surface area contributed by atoms with Crippen molar-refractivity contribution in [3.05, 3.63) is 35.5 Å². The van der Waals surface area contributed by atoms with Gasteiger partial charge in [-0.3, -0.25) is 0 Å². The third-order valence-electron chi connectivity index (χ3n) is 3.03. The van der Waals surface area contributed by atoms with Crippen molar-refractivity contribution >= 4 is 39.3 Å². The zero-order valence-corrected chi connectivity index (χ0v) is 12.8. The Labute approximate surface area is 128 Å². The number of aryl methyl sites for hydroxylation is 2. The second kappa shape index (κ2) is 5.82. The van der Waals surface area contributed by atoms with E-state index >= 15 is 0 Å². The number of hydrogen-bond acceptors (Lipinski definition) is 6. The van der Waals surface area contributed by atoms with Crippen LogP contribution in [0.15, 0.2) is 30.1 Å². The monoisotopic (exact) mass is 320 g/mol. The zero-order chi connectivity index (χ0) is 14.8. The summed E-state index contributed by atoms with van der Waals surface area (Å²) in [6, 6.07) is 0. The van der Waals surface area contributed by atoms with Crippen molar-refractivity contribution in [2.24, 2.45) is 0 Å². The summed E-state index contributed by atoms with van der Waals surface area (Å²) in [4.78, 5) is 24.8. The van der Waals surface area contributed by atoms with Gasteiger partial charge in [-0.2, -0.15) is 0 Å². The number of carboxylic acids is 1. The van der Waals surface area contributed by atoms with Gasteiger partial charge < -0.3 is 9.67 Å². The van der Waals surface area contributed by atoms with Crippen LogP contribution in [0.3, 0.4) is 0 Å². The minimum atomic E-state index is -0.912. The molecule has 21 heavy (non-hydrogen) atoms. The van der Waals surface area contributed by atoms with E-state index in [2.05, 4.69) is 15.0 Å². The molecule has 3 aromatic heterocycles. The first-order chi connectivity index (χ1) is 10.2. The maximum absolute atomic E-state index is 11.2. The lowest BCUT2D eigenvalue weighted by Gasteiger charge is -2.04. The van der Waals surface area contributed by atoms with E-state index in [0.29, 0.717) is 4.88 Å². The van der Waals surface area contributed by atoms with E-state index in [-0.39, 0.29) is 0 Å². The number of rotatable bonds is 5. The topological polar surface area (TPSA) is 80.9 Å². The lowest BCUT2D eigenvalue weighted by molar-refractivity contribution is 0.0701. The van der Waals surface area contributed by atoms with E-state index in [1.807, 2.05) is 17.7 Å². The first-order valence-corrected chi connectivity index (χ1v) is 8.03. The van der Waals surface area contributed by atoms with Crippen molar-refractivity contribution in [1.82, 2.24) is 19.5 Å². The van der Waals surface area contributed by atoms with Gasteiger partial charge in [0.2, 0.25) is 0 Å². The summed E-state index contributed by atoms with van der Waals surface area (Å²) < 4.78 is 1.99. The van der Waals surface area contributed by atoms with Gasteiger partial charge in [-0.05, 0) is 12.5 Å². The maximum atomic E-state index is 11.2. The third kappa shape index (κ3) is 2.77. The predicted molar refractivity (Wildman–Crippen MR) is 82.1 cm³/mol. The fourth-order valence-electron chi connectivity index (χ4n) is 2.02. The van der Waals surface area contributed by atoms with Crippen molar-refractivity contribution in [3.63, 3.8) is 0 Å². The van der Waals surface area contributed by atoms with Crippen LogP contribution in [0.5, 0.6) is 0 Å². The third-order valence-corrected chi connectivity index (χ3v) is 5.19. The van der Waals surface area contributed by atoms with Crippen LogP contribution in [-0.4, -0.2) is 36.3 Å². The van der Waals surface area contributed by atoms with Gasteiger partial charge >= 0.3 is 5.97 Å². The fourth-order valence-corrected chi connectivity index (χ4v) is 4.08. The lowest BCUT2D eigenvalue weighted by Crippen LogP contribution is -1.98. The molecule has 0 aliphatic heterocycles. The number of hydrogen-bond donors (Lipinski definition) is 1. The summed E-state index contributed by atoms with van der Waals surface area (Å²) in [6.07, 6.45) is 6.92. The number of imidazole rings is 1. The normalized spacial score (nSPS) is 11.1. The molecule has 0 saturated carbocycles. The Kier molecular flexibility index (Phi) is 3.89. The molecule has 0 spiro atoms. The molecule has 0 unspecified atom stereocenters. The van der Waals surface area contributed by atoms with Crippen LogP contribution in [0.2, 0.25) is 0 Å². The molecule has 0 radical (unpaired) electrons. The van der Waals surface area contributed by atoms with Crippen molar-refractivity contribution in [1.29, 1.82) is 0 Å². The van der Waals surface area contributed by atoms with Crippen molar-refractivity contribution < 1.29 is 9.90 Å². The van der Waals surface area contributed by atoms with Crippen molar-refractivity contribution in [2.45, 2.75) is 18.5 Å². The smallest absolute Gasteiger partial charge is 0.346 e. The highest BCUT2D eigenvalue weighted by Crippen LogP contribution is 2.34. The first-order valence-electron chi connectivity index (χ1n) is 6.22. The molecule has 3 aromatic rings. The van der Waals surface area contributed by atoms with Crippen LogP contribution in [0.4, 0.5) is 0 Å². The Morgan fingerprint density at radius 1 is 1.48 bits per heavy atom. The molecule has 0 aliphatic carbocycles. The number of aromatic carboxylic acids is 1. The van der Waals surface area contributed by atoms with E-state index in [1.165, 1.54) is 17.7 Å². The van der Waals surface area contributed by atoms with Gasteiger partial charge in [0.25, 0.3) is 0 Å². The van der Waals surface area contributed by atoms with Crippen molar-refractivity contribution in [2.75, 3.05) is 5.75 Å². The predicted octanol–water partition coefficient (Wildman–Crippen LogP) is 2.69. The quantitative estimate of drug-likeness (QED) is 0.575. The molecule has 0 aromatic carbocycles. The number of aromatic nitrogens is 4. The Balaban J connectivity index is 1.86. The molecule has 108 valence electrons. The molecule has 3 rings (SSSR count). The summed E-state index contributed by atoms with van der Waals surface area (Å²) in [6.45, 7) is 2.64. The Morgan fingerprint density at radius 2 is 2.33 bits per heavy atom. The van der Waals surface area contributed by atoms with Crippen LogP contribution in [0.1, 0.15) is 15.2 Å². The first kappa shape index (κ1) is 14.0. The summed E-state index contributed by atoms with van der Waals surface area (Å²) in [7, 11) is 0. The van der Waals surface area contributed by atoms with E-state index in [9.17, 15) is 9.90 Å². The molecular formula is C13H12N4O2S2. The standard InChI is InChI=1S/C13H12N4O2S2/c1-8-9-11(20-5-4-17-3-2-14-7-17)15-6-16-12(9)21-10(8)13(18)19/h2-3,6-7H,4-5H2,1H3,(H,18,19). The van der Waals surface area contributed by atoms with Crippen molar-refractivity contribution in [3.8, 4) is 0 Å². The molecule has 3 heterocycles. The van der Waals surface area contributed by atoms with Gasteiger partial charge in [-0.15, -0.1) is 23.1 Å². The second-order valence-electron chi connectivity index (χ2n) is 4.37. The molecule has 0 atom stereocenters. The van der Waals surface area contributed by atoms with Gasteiger partial charge in [0.15, 0.2) is 0 Å². The van der Waals surface area contributed by atoms with Gasteiger partial charge in [0.05, 0.1) is 6.33 Å².